The number of nitriles is 1. The van der Waals surface area contributed by atoms with Crippen molar-refractivity contribution in [3.05, 3.63) is 0 Å². The molecule has 12 heavy (non-hydrogen) atoms. The van der Waals surface area contributed by atoms with Gasteiger partial charge in [-0.2, -0.15) is 5.26 Å². The van der Waals surface area contributed by atoms with Gasteiger partial charge in [-0.3, -0.25) is 0 Å². The minimum absolute atomic E-state index is 0.202. The Bertz CT molecular complexity index is 199. The van der Waals surface area contributed by atoms with Gasteiger partial charge >= 0.3 is 0 Å². The lowest BCUT2D eigenvalue weighted by atomic mass is 9.83. The molecule has 0 aromatic rings. The monoisotopic (exact) mass is 166 g/mol. The van der Waals surface area contributed by atoms with Gasteiger partial charge in [0.2, 0.25) is 0 Å². The maximum atomic E-state index is 8.75. The molecule has 2 heterocycles. The van der Waals surface area contributed by atoms with Crippen LogP contribution in [0.2, 0.25) is 0 Å². The van der Waals surface area contributed by atoms with Crippen molar-refractivity contribution in [3.63, 3.8) is 0 Å². The number of ether oxygens (including phenoxy) is 1. The molecule has 3 unspecified atom stereocenters. The molecule has 0 spiro atoms. The van der Waals surface area contributed by atoms with Crippen molar-refractivity contribution in [2.24, 2.45) is 11.8 Å². The van der Waals surface area contributed by atoms with Crippen LogP contribution >= 0.6 is 0 Å². The molecule has 1 N–H and O–H groups in total. The molecule has 0 radical (unpaired) electrons. The third kappa shape index (κ3) is 1.45. The fraction of sp³-hybridized carbons (Fsp3) is 0.889. The highest BCUT2D eigenvalue weighted by Crippen LogP contribution is 2.25. The fourth-order valence-electron chi connectivity index (χ4n) is 2.14. The first-order valence-corrected chi connectivity index (χ1v) is 4.61. The Kier molecular flexibility index (Phi) is 2.29. The Morgan fingerprint density at radius 3 is 3.25 bits per heavy atom. The number of nitrogens with one attached hydrogen (secondary N) is 1. The normalized spacial score (nSPS) is 41.4. The molecule has 3 atom stereocenters. The summed E-state index contributed by atoms with van der Waals surface area (Å²) in [6.45, 7) is 2.60. The summed E-state index contributed by atoms with van der Waals surface area (Å²) in [4.78, 5) is 0. The fourth-order valence-corrected chi connectivity index (χ4v) is 2.14. The van der Waals surface area contributed by atoms with Gasteiger partial charge in [-0.25, -0.2) is 0 Å². The molecule has 2 fully saturated rings. The standard InChI is InChI=1S/C9H14N2O/c10-4-7-3-8-6-12-2-1-9(8)11-5-7/h7-9,11H,1-3,5-6H2. The minimum Gasteiger partial charge on any atom is -0.381 e. The van der Waals surface area contributed by atoms with Crippen molar-refractivity contribution in [2.75, 3.05) is 19.8 Å². The van der Waals surface area contributed by atoms with Crippen molar-refractivity contribution in [1.82, 2.24) is 5.32 Å². The zero-order valence-corrected chi connectivity index (χ0v) is 7.12. The van der Waals surface area contributed by atoms with Crippen LogP contribution in [0.5, 0.6) is 0 Å². The van der Waals surface area contributed by atoms with Crippen LogP contribution in [0, 0.1) is 23.2 Å². The topological polar surface area (TPSA) is 45.0 Å². The first-order valence-electron chi connectivity index (χ1n) is 4.61. The summed E-state index contributed by atoms with van der Waals surface area (Å²) in [7, 11) is 0. The number of nitrogens with zero attached hydrogens (tertiary/aromatic N) is 1. The number of piperidine rings is 1. The summed E-state index contributed by atoms with van der Waals surface area (Å²) >= 11 is 0. The summed E-state index contributed by atoms with van der Waals surface area (Å²) in [5.41, 5.74) is 0. The summed E-state index contributed by atoms with van der Waals surface area (Å²) in [6, 6.07) is 2.93. The maximum Gasteiger partial charge on any atom is 0.0669 e. The van der Waals surface area contributed by atoms with Gasteiger partial charge in [-0.1, -0.05) is 0 Å². The number of hydrogen-bond acceptors (Lipinski definition) is 3. The largest absolute Gasteiger partial charge is 0.381 e. The first-order chi connectivity index (χ1) is 5.90. The lowest BCUT2D eigenvalue weighted by molar-refractivity contribution is 0.0125. The van der Waals surface area contributed by atoms with E-state index in [2.05, 4.69) is 11.4 Å². The van der Waals surface area contributed by atoms with Crippen LogP contribution in [-0.4, -0.2) is 25.8 Å². The molecule has 3 nitrogen and oxygen atoms in total. The van der Waals surface area contributed by atoms with Gasteiger partial charge in [-0.15, -0.1) is 0 Å². The molecule has 2 rings (SSSR count). The van der Waals surface area contributed by atoms with Gasteiger partial charge < -0.3 is 10.1 Å². The summed E-state index contributed by atoms with van der Waals surface area (Å²) < 4.78 is 5.38. The summed E-state index contributed by atoms with van der Waals surface area (Å²) in [5.74, 6) is 0.782. The maximum absolute atomic E-state index is 8.75. The molecule has 0 amide bonds. The Morgan fingerprint density at radius 2 is 2.42 bits per heavy atom. The molecule has 3 heteroatoms. The summed E-state index contributed by atoms with van der Waals surface area (Å²) in [6.07, 6.45) is 2.14. The Morgan fingerprint density at radius 1 is 1.50 bits per heavy atom. The van der Waals surface area contributed by atoms with E-state index in [-0.39, 0.29) is 5.92 Å². The second kappa shape index (κ2) is 3.42. The highest BCUT2D eigenvalue weighted by molar-refractivity contribution is 4.95. The van der Waals surface area contributed by atoms with E-state index in [1.54, 1.807) is 0 Å². The quantitative estimate of drug-likeness (QED) is 0.570. The third-order valence-corrected chi connectivity index (χ3v) is 2.87. The van der Waals surface area contributed by atoms with Gasteiger partial charge in [0.25, 0.3) is 0 Å². The Labute approximate surface area is 72.7 Å². The predicted octanol–water partition coefficient (Wildman–Crippen LogP) is 0.525. The van der Waals surface area contributed by atoms with Crippen LogP contribution < -0.4 is 5.32 Å². The van der Waals surface area contributed by atoms with Crippen molar-refractivity contribution < 1.29 is 4.74 Å². The Hall–Kier alpha value is -0.590. The van der Waals surface area contributed by atoms with Crippen LogP contribution in [-0.2, 0) is 4.74 Å². The van der Waals surface area contributed by atoms with Crippen LogP contribution in [0.3, 0.4) is 0 Å². The second-order valence-corrected chi connectivity index (χ2v) is 3.70. The molecule has 0 bridgehead atoms. The van der Waals surface area contributed by atoms with Crippen molar-refractivity contribution in [1.29, 1.82) is 5.26 Å². The second-order valence-electron chi connectivity index (χ2n) is 3.70. The number of fused-ring (bicyclic) bond motifs is 1. The van der Waals surface area contributed by atoms with Crippen LogP contribution in [0.25, 0.3) is 0 Å². The molecule has 0 saturated carbocycles. The van der Waals surface area contributed by atoms with Crippen molar-refractivity contribution >= 4 is 0 Å². The molecule has 2 aliphatic heterocycles. The first kappa shape index (κ1) is 8.03. The highest BCUT2D eigenvalue weighted by Gasteiger charge is 2.32. The average molecular weight is 166 g/mol. The van der Waals surface area contributed by atoms with E-state index in [9.17, 15) is 0 Å². The third-order valence-electron chi connectivity index (χ3n) is 2.87. The van der Waals surface area contributed by atoms with Gasteiger partial charge in [0.05, 0.1) is 18.6 Å². The van der Waals surface area contributed by atoms with Crippen LogP contribution in [0.4, 0.5) is 0 Å². The number of hydrogen-bond donors (Lipinski definition) is 1. The van der Waals surface area contributed by atoms with E-state index in [4.69, 9.17) is 10.00 Å². The number of rotatable bonds is 0. The van der Waals surface area contributed by atoms with Crippen LogP contribution in [0.15, 0.2) is 0 Å². The molecular weight excluding hydrogens is 152 g/mol. The minimum atomic E-state index is 0.202. The molecule has 0 aliphatic carbocycles. The van der Waals surface area contributed by atoms with Crippen molar-refractivity contribution in [3.8, 4) is 6.07 Å². The summed E-state index contributed by atoms with van der Waals surface area (Å²) in [5, 5.41) is 12.2. The van der Waals surface area contributed by atoms with E-state index < -0.39 is 0 Å². The van der Waals surface area contributed by atoms with E-state index in [1.807, 2.05) is 0 Å². The lowest BCUT2D eigenvalue weighted by Crippen LogP contribution is -2.49. The van der Waals surface area contributed by atoms with Crippen LogP contribution in [0.1, 0.15) is 12.8 Å². The average Bonchev–Trinajstić information content (AvgIpc) is 2.17. The zero-order valence-electron chi connectivity index (χ0n) is 7.12. The van der Waals surface area contributed by atoms with Crippen molar-refractivity contribution in [2.45, 2.75) is 18.9 Å². The SMILES string of the molecule is N#CC1CNC2CCOCC2C1. The van der Waals surface area contributed by atoms with E-state index in [0.717, 1.165) is 32.6 Å². The molecule has 2 aliphatic rings. The highest BCUT2D eigenvalue weighted by atomic mass is 16.5. The predicted molar refractivity (Wildman–Crippen MR) is 44.4 cm³/mol. The van der Waals surface area contributed by atoms with E-state index >= 15 is 0 Å². The molecule has 66 valence electrons. The molecule has 2 saturated heterocycles. The van der Waals surface area contributed by atoms with Gasteiger partial charge in [0.1, 0.15) is 0 Å². The van der Waals surface area contributed by atoms with E-state index in [1.165, 1.54) is 0 Å². The van der Waals surface area contributed by atoms with Gasteiger partial charge in [0.15, 0.2) is 0 Å². The Balaban J connectivity index is 1.95. The molecular formula is C9H14N2O. The molecule has 0 aromatic heterocycles. The smallest absolute Gasteiger partial charge is 0.0669 e. The van der Waals surface area contributed by atoms with Gasteiger partial charge in [0, 0.05) is 19.2 Å². The van der Waals surface area contributed by atoms with E-state index in [0.29, 0.717) is 12.0 Å². The molecule has 0 aromatic carbocycles. The zero-order chi connectivity index (χ0) is 8.39. The lowest BCUT2D eigenvalue weighted by Gasteiger charge is -2.37. The van der Waals surface area contributed by atoms with Gasteiger partial charge in [-0.05, 0) is 18.8 Å².